The van der Waals surface area contributed by atoms with Gasteiger partial charge in [0.1, 0.15) is 16.4 Å². The number of hydrogen-bond acceptors (Lipinski definition) is 4. The van der Waals surface area contributed by atoms with Crippen LogP contribution in [-0.4, -0.2) is 32.5 Å². The third-order valence-corrected chi connectivity index (χ3v) is 4.76. The third kappa shape index (κ3) is 4.50. The molecular formula is C17H16ClF4N5O2. The van der Waals surface area contributed by atoms with E-state index in [1.807, 2.05) is 0 Å². The summed E-state index contributed by atoms with van der Waals surface area (Å²) in [5, 5.41) is 5.52. The number of nitrogens with zero attached hydrogens (tertiary/aromatic N) is 3. The molecule has 0 bridgehead atoms. The Balaban J connectivity index is 1.91. The Labute approximate surface area is 167 Å². The van der Waals surface area contributed by atoms with Crippen molar-refractivity contribution in [2.45, 2.75) is 38.2 Å². The van der Waals surface area contributed by atoms with Gasteiger partial charge in [-0.3, -0.25) is 19.3 Å². The van der Waals surface area contributed by atoms with E-state index >= 15 is 0 Å². The Morgan fingerprint density at radius 2 is 2.07 bits per heavy atom. The van der Waals surface area contributed by atoms with Crippen LogP contribution in [0.4, 0.5) is 23.2 Å². The summed E-state index contributed by atoms with van der Waals surface area (Å²) in [4.78, 5) is 27.6. The summed E-state index contributed by atoms with van der Waals surface area (Å²) in [6.07, 6.45) is 0.349. The fraction of sp³-hybridized carbons (Fsp3) is 0.412. The van der Waals surface area contributed by atoms with Crippen LogP contribution in [0.2, 0.25) is 5.02 Å². The number of halogens is 5. The lowest BCUT2D eigenvalue weighted by Crippen LogP contribution is -2.38. The highest BCUT2D eigenvalue weighted by Crippen LogP contribution is 2.44. The minimum atomic E-state index is -3.45. The zero-order valence-electron chi connectivity index (χ0n) is 15.1. The molecule has 0 aromatic carbocycles. The van der Waals surface area contributed by atoms with E-state index in [0.717, 1.165) is 4.68 Å². The predicted molar refractivity (Wildman–Crippen MR) is 95.2 cm³/mol. The van der Waals surface area contributed by atoms with Crippen LogP contribution >= 0.6 is 11.6 Å². The molecule has 156 valence electrons. The first-order chi connectivity index (χ1) is 13.4. The van der Waals surface area contributed by atoms with Gasteiger partial charge in [-0.2, -0.15) is 13.9 Å². The van der Waals surface area contributed by atoms with Crippen LogP contribution in [0.25, 0.3) is 0 Å². The maximum Gasteiger partial charge on any atom is 0.290 e. The van der Waals surface area contributed by atoms with Crippen LogP contribution in [-0.2, 0) is 12.5 Å². The highest BCUT2D eigenvalue weighted by Gasteiger charge is 2.46. The molecule has 2 aromatic heterocycles. The van der Waals surface area contributed by atoms with Crippen molar-refractivity contribution in [2.24, 2.45) is 11.7 Å². The molecule has 2 heterocycles. The Kier molecular flexibility index (Phi) is 5.28. The van der Waals surface area contributed by atoms with E-state index in [2.05, 4.69) is 15.4 Å². The number of nitrogens with two attached hydrogens (primary N) is 1. The van der Waals surface area contributed by atoms with Gasteiger partial charge in [-0.1, -0.05) is 11.6 Å². The van der Waals surface area contributed by atoms with Gasteiger partial charge in [0.2, 0.25) is 5.92 Å². The lowest BCUT2D eigenvalue weighted by atomic mass is 9.81. The van der Waals surface area contributed by atoms with E-state index in [0.29, 0.717) is 6.92 Å². The summed E-state index contributed by atoms with van der Waals surface area (Å²) in [6.45, 7) is 0.393. The fourth-order valence-electron chi connectivity index (χ4n) is 3.06. The van der Waals surface area contributed by atoms with Crippen molar-refractivity contribution in [2.75, 3.05) is 5.32 Å². The van der Waals surface area contributed by atoms with E-state index in [1.165, 1.54) is 18.3 Å². The largest absolute Gasteiger partial charge is 0.364 e. The zero-order valence-corrected chi connectivity index (χ0v) is 15.8. The molecule has 2 aromatic rings. The summed E-state index contributed by atoms with van der Waals surface area (Å²) < 4.78 is 54.8. The Bertz CT molecular complexity index is 965. The topological polar surface area (TPSA) is 103 Å². The minimum Gasteiger partial charge on any atom is -0.364 e. The number of primary amides is 1. The summed E-state index contributed by atoms with van der Waals surface area (Å²) in [5.41, 5.74) is 3.89. The molecule has 3 rings (SSSR count). The maximum absolute atomic E-state index is 13.8. The fourth-order valence-corrected chi connectivity index (χ4v) is 3.45. The number of nitrogens with one attached hydrogen (secondary N) is 1. The highest BCUT2D eigenvalue weighted by atomic mass is 35.5. The second kappa shape index (κ2) is 7.29. The van der Waals surface area contributed by atoms with Gasteiger partial charge in [-0.25, -0.2) is 8.78 Å². The number of alkyl halides is 4. The Morgan fingerprint density at radius 1 is 1.41 bits per heavy atom. The van der Waals surface area contributed by atoms with Gasteiger partial charge >= 0.3 is 0 Å². The zero-order chi connectivity index (χ0) is 21.6. The lowest BCUT2D eigenvalue weighted by Gasteiger charge is -2.34. The Hall–Kier alpha value is -2.69. The number of pyridine rings is 1. The first-order valence-electron chi connectivity index (χ1n) is 8.47. The van der Waals surface area contributed by atoms with Crippen LogP contribution in [0.1, 0.15) is 46.4 Å². The van der Waals surface area contributed by atoms with Gasteiger partial charge < -0.3 is 11.1 Å². The Morgan fingerprint density at radius 3 is 2.62 bits per heavy atom. The molecule has 1 aliphatic carbocycles. The summed E-state index contributed by atoms with van der Waals surface area (Å²) >= 11 is 6.00. The summed E-state index contributed by atoms with van der Waals surface area (Å²) in [5.74, 6) is -8.53. The molecule has 0 unspecified atom stereocenters. The number of carbonyl (C=O) groups excluding carboxylic acids is 2. The second-order valence-corrected chi connectivity index (χ2v) is 7.34. The van der Waals surface area contributed by atoms with Crippen LogP contribution in [0.3, 0.4) is 0 Å². The molecule has 0 aliphatic heterocycles. The number of hydrogen-bond donors (Lipinski definition) is 2. The van der Waals surface area contributed by atoms with Crippen LogP contribution < -0.4 is 11.1 Å². The lowest BCUT2D eigenvalue weighted by molar-refractivity contribution is -0.114. The molecule has 1 saturated carbocycles. The van der Waals surface area contributed by atoms with Crippen molar-refractivity contribution < 1.29 is 27.2 Å². The van der Waals surface area contributed by atoms with Crippen molar-refractivity contribution in [3.8, 4) is 0 Å². The summed E-state index contributed by atoms with van der Waals surface area (Å²) in [7, 11) is 0. The van der Waals surface area contributed by atoms with Gasteiger partial charge in [0.05, 0.1) is 0 Å². The molecule has 1 aliphatic rings. The molecule has 7 nitrogen and oxygen atoms in total. The highest BCUT2D eigenvalue weighted by molar-refractivity contribution is 6.34. The van der Waals surface area contributed by atoms with Crippen LogP contribution in [0.15, 0.2) is 18.3 Å². The first-order valence-corrected chi connectivity index (χ1v) is 8.85. The molecule has 29 heavy (non-hydrogen) atoms. The molecular weight excluding hydrogens is 418 g/mol. The van der Waals surface area contributed by atoms with Gasteiger partial charge in [-0.05, 0) is 18.1 Å². The molecule has 0 radical (unpaired) electrons. The van der Waals surface area contributed by atoms with Crippen LogP contribution in [0.5, 0.6) is 0 Å². The van der Waals surface area contributed by atoms with Gasteiger partial charge in [-0.15, -0.1) is 0 Å². The molecule has 2 amide bonds. The number of aromatic nitrogens is 3. The van der Waals surface area contributed by atoms with Crippen LogP contribution in [0, 0.1) is 5.92 Å². The second-order valence-electron chi connectivity index (χ2n) is 6.96. The smallest absolute Gasteiger partial charge is 0.290 e. The van der Waals surface area contributed by atoms with Crippen molar-refractivity contribution in [3.63, 3.8) is 0 Å². The third-order valence-electron chi connectivity index (χ3n) is 4.40. The predicted octanol–water partition coefficient (Wildman–Crippen LogP) is 3.44. The molecule has 1 fully saturated rings. The van der Waals surface area contributed by atoms with E-state index in [-0.39, 0.29) is 17.9 Å². The number of carbonyl (C=O) groups is 2. The van der Waals surface area contributed by atoms with Crippen molar-refractivity contribution in [1.82, 2.24) is 14.8 Å². The first kappa shape index (κ1) is 21.0. The standard InChI is InChI=1S/C17H16ClF4N5O2/c1-16(19,20)13-11(18)12(27(26-13)7-8-5-17(21,22)6-8)15(29)25-9-2-3-24-10(4-9)14(23)28/h2-4,8H,5-7H2,1H3,(H2,23,28)(H,24,25,29). The van der Waals surface area contributed by atoms with E-state index in [4.69, 9.17) is 17.3 Å². The number of amides is 2. The number of rotatable bonds is 6. The average molecular weight is 434 g/mol. The quantitative estimate of drug-likeness (QED) is 0.681. The monoisotopic (exact) mass is 433 g/mol. The van der Waals surface area contributed by atoms with Gasteiger partial charge in [0.25, 0.3) is 17.7 Å². The normalized spacial score (nSPS) is 16.3. The maximum atomic E-state index is 13.8. The molecule has 12 heteroatoms. The van der Waals surface area contributed by atoms with Crippen molar-refractivity contribution in [1.29, 1.82) is 0 Å². The molecule has 3 N–H and O–H groups in total. The van der Waals surface area contributed by atoms with E-state index in [9.17, 15) is 27.2 Å². The van der Waals surface area contributed by atoms with Gasteiger partial charge in [0, 0.05) is 38.2 Å². The minimum absolute atomic E-state index is 0.114. The van der Waals surface area contributed by atoms with Crippen molar-refractivity contribution in [3.05, 3.63) is 40.4 Å². The SMILES string of the molecule is CC(F)(F)c1nn(CC2CC(F)(F)C2)c(C(=O)Nc2ccnc(C(N)=O)c2)c1Cl. The van der Waals surface area contributed by atoms with E-state index in [1.54, 1.807) is 0 Å². The molecule has 0 atom stereocenters. The molecule has 0 spiro atoms. The number of anilines is 1. The average Bonchev–Trinajstić information content (AvgIpc) is 2.90. The van der Waals surface area contributed by atoms with Gasteiger partial charge in [0.15, 0.2) is 5.69 Å². The summed E-state index contributed by atoms with van der Waals surface area (Å²) in [6, 6.07) is 2.54. The van der Waals surface area contributed by atoms with E-state index < -0.39 is 58.8 Å². The molecule has 0 saturated heterocycles. The van der Waals surface area contributed by atoms with Crippen molar-refractivity contribution >= 4 is 29.1 Å².